The van der Waals surface area contributed by atoms with Crippen molar-refractivity contribution in [2.45, 2.75) is 33.2 Å². The number of hydrazone groups is 1. The van der Waals surface area contributed by atoms with Crippen LogP contribution in [0.1, 0.15) is 49.2 Å². The van der Waals surface area contributed by atoms with E-state index < -0.39 is 0 Å². The SMILES string of the molecule is CCN1c2ccc(/C=N/NC(=O)c3ccc(Cl)cc3)cc2C(C)=CC1(C)C. The highest BCUT2D eigenvalue weighted by Crippen LogP contribution is 2.38. The molecule has 3 rings (SSSR count). The van der Waals surface area contributed by atoms with Gasteiger partial charge in [-0.15, -0.1) is 0 Å². The van der Waals surface area contributed by atoms with Gasteiger partial charge in [0.25, 0.3) is 5.91 Å². The van der Waals surface area contributed by atoms with Crippen molar-refractivity contribution in [3.8, 4) is 0 Å². The number of anilines is 1. The van der Waals surface area contributed by atoms with Crippen LogP contribution in [-0.4, -0.2) is 24.2 Å². The summed E-state index contributed by atoms with van der Waals surface area (Å²) < 4.78 is 0. The average molecular weight is 382 g/mol. The van der Waals surface area contributed by atoms with Crippen molar-refractivity contribution in [3.05, 3.63) is 70.3 Å². The van der Waals surface area contributed by atoms with Gasteiger partial charge in [0.1, 0.15) is 0 Å². The van der Waals surface area contributed by atoms with Gasteiger partial charge in [-0.05, 0) is 75.2 Å². The summed E-state index contributed by atoms with van der Waals surface area (Å²) in [5, 5.41) is 4.69. The van der Waals surface area contributed by atoms with E-state index in [2.05, 4.69) is 61.3 Å². The molecule has 0 saturated heterocycles. The normalized spacial score (nSPS) is 15.4. The fourth-order valence-electron chi connectivity index (χ4n) is 3.59. The standard InChI is InChI=1S/C22H24ClN3O/c1-5-26-20-11-6-16(12-19(20)15(2)13-22(26,3)4)14-24-25-21(27)17-7-9-18(23)10-8-17/h6-14H,5H2,1-4H3,(H,25,27)/b24-14+. The monoisotopic (exact) mass is 381 g/mol. The van der Waals surface area contributed by atoms with E-state index in [-0.39, 0.29) is 11.4 Å². The number of nitrogens with zero attached hydrogens (tertiary/aromatic N) is 2. The number of likely N-dealkylation sites (N-methyl/N-ethyl adjacent to an activating group) is 1. The van der Waals surface area contributed by atoms with Crippen LogP contribution in [0.25, 0.3) is 5.57 Å². The third-order valence-corrected chi connectivity index (χ3v) is 5.06. The Morgan fingerprint density at radius 3 is 2.59 bits per heavy atom. The van der Waals surface area contributed by atoms with Gasteiger partial charge in [-0.3, -0.25) is 4.79 Å². The Morgan fingerprint density at radius 1 is 1.22 bits per heavy atom. The predicted octanol–water partition coefficient (Wildman–Crippen LogP) is 5.13. The van der Waals surface area contributed by atoms with Crippen LogP contribution in [-0.2, 0) is 0 Å². The van der Waals surface area contributed by atoms with Crippen molar-refractivity contribution in [1.29, 1.82) is 0 Å². The number of allylic oxidation sites excluding steroid dienone is 1. The van der Waals surface area contributed by atoms with Crippen LogP contribution in [0.2, 0.25) is 5.02 Å². The van der Waals surface area contributed by atoms with Gasteiger partial charge in [0, 0.05) is 28.4 Å². The molecule has 1 amide bonds. The molecule has 0 spiro atoms. The molecule has 0 saturated carbocycles. The number of halogens is 1. The Hall–Kier alpha value is -2.59. The summed E-state index contributed by atoms with van der Waals surface area (Å²) in [6.45, 7) is 9.70. The molecule has 5 heteroatoms. The van der Waals surface area contributed by atoms with Gasteiger partial charge in [-0.2, -0.15) is 5.10 Å². The molecule has 2 aromatic carbocycles. The van der Waals surface area contributed by atoms with E-state index in [1.54, 1.807) is 30.5 Å². The summed E-state index contributed by atoms with van der Waals surface area (Å²) in [6.07, 6.45) is 3.96. The highest BCUT2D eigenvalue weighted by atomic mass is 35.5. The third-order valence-electron chi connectivity index (χ3n) is 4.80. The third kappa shape index (κ3) is 4.06. The van der Waals surface area contributed by atoms with Crippen molar-refractivity contribution in [2.24, 2.45) is 5.10 Å². The molecular weight excluding hydrogens is 358 g/mol. The lowest BCUT2D eigenvalue weighted by Gasteiger charge is -2.42. The molecule has 1 heterocycles. The largest absolute Gasteiger partial charge is 0.363 e. The second-order valence-corrected chi connectivity index (χ2v) is 7.64. The van der Waals surface area contributed by atoms with Gasteiger partial charge >= 0.3 is 0 Å². The summed E-state index contributed by atoms with van der Waals surface area (Å²) in [4.78, 5) is 14.5. The molecule has 0 radical (unpaired) electrons. The predicted molar refractivity (Wildman–Crippen MR) is 114 cm³/mol. The maximum Gasteiger partial charge on any atom is 0.271 e. The molecular formula is C22H24ClN3O. The number of carbonyl (C=O) groups excluding carboxylic acids is 1. The number of fused-ring (bicyclic) bond motifs is 1. The smallest absolute Gasteiger partial charge is 0.271 e. The first-order chi connectivity index (χ1) is 12.8. The minimum absolute atomic E-state index is 0.00596. The van der Waals surface area contributed by atoms with Crippen molar-refractivity contribution in [2.75, 3.05) is 11.4 Å². The first-order valence-electron chi connectivity index (χ1n) is 9.02. The summed E-state index contributed by atoms with van der Waals surface area (Å²) in [7, 11) is 0. The number of hydrogen-bond acceptors (Lipinski definition) is 3. The lowest BCUT2D eigenvalue weighted by molar-refractivity contribution is 0.0955. The minimum Gasteiger partial charge on any atom is -0.363 e. The second-order valence-electron chi connectivity index (χ2n) is 7.21. The second kappa shape index (κ2) is 7.57. The lowest BCUT2D eigenvalue weighted by Crippen LogP contribution is -2.44. The van der Waals surface area contributed by atoms with Gasteiger partial charge < -0.3 is 4.90 Å². The van der Waals surface area contributed by atoms with Crippen LogP contribution in [0.3, 0.4) is 0 Å². The van der Waals surface area contributed by atoms with Crippen LogP contribution in [0.4, 0.5) is 5.69 Å². The number of hydrogen-bond donors (Lipinski definition) is 1. The van der Waals surface area contributed by atoms with Crippen LogP contribution in [0, 0.1) is 0 Å². The number of amides is 1. The van der Waals surface area contributed by atoms with E-state index in [4.69, 9.17) is 11.6 Å². The zero-order valence-corrected chi connectivity index (χ0v) is 16.8. The zero-order chi connectivity index (χ0) is 19.6. The van der Waals surface area contributed by atoms with Crippen molar-refractivity contribution < 1.29 is 4.79 Å². The van der Waals surface area contributed by atoms with Crippen LogP contribution in [0.5, 0.6) is 0 Å². The van der Waals surface area contributed by atoms with E-state index in [0.717, 1.165) is 12.1 Å². The molecule has 27 heavy (non-hydrogen) atoms. The molecule has 0 atom stereocenters. The van der Waals surface area contributed by atoms with Gasteiger partial charge in [0.2, 0.25) is 0 Å². The summed E-state index contributed by atoms with van der Waals surface area (Å²) in [6, 6.07) is 13.0. The first kappa shape index (κ1) is 19.2. The van der Waals surface area contributed by atoms with Gasteiger partial charge in [-0.25, -0.2) is 5.43 Å². The first-order valence-corrected chi connectivity index (χ1v) is 9.40. The van der Waals surface area contributed by atoms with Crippen molar-refractivity contribution in [1.82, 2.24) is 5.43 Å². The molecule has 0 bridgehead atoms. The van der Waals surface area contributed by atoms with E-state index in [1.807, 2.05) is 6.07 Å². The lowest BCUT2D eigenvalue weighted by atomic mass is 9.88. The molecule has 0 unspecified atom stereocenters. The summed E-state index contributed by atoms with van der Waals surface area (Å²) in [5.41, 5.74) is 7.68. The summed E-state index contributed by atoms with van der Waals surface area (Å²) in [5.74, 6) is -0.268. The van der Waals surface area contributed by atoms with Crippen molar-refractivity contribution in [3.63, 3.8) is 0 Å². The number of rotatable bonds is 4. The van der Waals surface area contributed by atoms with Gasteiger partial charge in [0.05, 0.1) is 11.8 Å². The zero-order valence-electron chi connectivity index (χ0n) is 16.1. The Morgan fingerprint density at radius 2 is 1.93 bits per heavy atom. The number of carbonyl (C=O) groups is 1. The Kier molecular flexibility index (Phi) is 5.38. The Balaban J connectivity index is 1.77. The number of nitrogens with one attached hydrogen (secondary N) is 1. The van der Waals surface area contributed by atoms with Crippen LogP contribution >= 0.6 is 11.6 Å². The fraction of sp³-hybridized carbons (Fsp3) is 0.273. The molecule has 1 N–H and O–H groups in total. The van der Waals surface area contributed by atoms with Gasteiger partial charge in [0.15, 0.2) is 0 Å². The highest BCUT2D eigenvalue weighted by molar-refractivity contribution is 6.30. The van der Waals surface area contributed by atoms with E-state index in [0.29, 0.717) is 10.6 Å². The number of benzene rings is 2. The summed E-state index contributed by atoms with van der Waals surface area (Å²) >= 11 is 5.84. The maximum atomic E-state index is 12.1. The molecule has 0 aromatic heterocycles. The Bertz CT molecular complexity index is 914. The van der Waals surface area contributed by atoms with Crippen molar-refractivity contribution >= 4 is 35.0 Å². The van der Waals surface area contributed by atoms with Crippen LogP contribution in [0.15, 0.2) is 53.6 Å². The molecule has 0 aliphatic carbocycles. The molecule has 140 valence electrons. The molecule has 1 aliphatic heterocycles. The highest BCUT2D eigenvalue weighted by Gasteiger charge is 2.29. The molecule has 4 nitrogen and oxygen atoms in total. The fourth-order valence-corrected chi connectivity index (χ4v) is 3.72. The quantitative estimate of drug-likeness (QED) is 0.589. The van der Waals surface area contributed by atoms with E-state index >= 15 is 0 Å². The minimum atomic E-state index is -0.268. The van der Waals surface area contributed by atoms with E-state index in [9.17, 15) is 4.79 Å². The average Bonchev–Trinajstić information content (AvgIpc) is 2.62. The Labute approximate surface area is 165 Å². The molecule has 1 aliphatic rings. The molecule has 2 aromatic rings. The van der Waals surface area contributed by atoms with Gasteiger partial charge in [-0.1, -0.05) is 23.7 Å². The van der Waals surface area contributed by atoms with Crippen LogP contribution < -0.4 is 10.3 Å². The van der Waals surface area contributed by atoms with E-state index in [1.165, 1.54) is 16.8 Å². The maximum absolute atomic E-state index is 12.1. The molecule has 0 fully saturated rings. The topological polar surface area (TPSA) is 44.7 Å².